The summed E-state index contributed by atoms with van der Waals surface area (Å²) in [5.74, 6) is -1.89. The van der Waals surface area contributed by atoms with Gasteiger partial charge < -0.3 is 4.52 Å². The summed E-state index contributed by atoms with van der Waals surface area (Å²) < 4.78 is 18.7. The number of rotatable bonds is 1. The maximum Gasteiger partial charge on any atom is 0.235 e. The molecule has 0 saturated carbocycles. The molecule has 1 unspecified atom stereocenters. The minimum atomic E-state index is -0.638. The van der Waals surface area contributed by atoms with E-state index in [1.54, 1.807) is 6.07 Å². The number of carbonyl (C=O) groups is 2. The third-order valence-electron chi connectivity index (χ3n) is 3.04. The van der Waals surface area contributed by atoms with E-state index >= 15 is 0 Å². The van der Waals surface area contributed by atoms with E-state index < -0.39 is 17.6 Å². The molecule has 1 aromatic carbocycles. The molecule has 1 atom stereocenters. The second-order valence-electron chi connectivity index (χ2n) is 4.18. The first kappa shape index (κ1) is 10.9. The zero-order valence-electron chi connectivity index (χ0n) is 9.27. The van der Waals surface area contributed by atoms with E-state index in [4.69, 9.17) is 4.52 Å². The normalized spacial score (nSPS) is 20.2. The van der Waals surface area contributed by atoms with Crippen LogP contribution in [0.15, 0.2) is 22.7 Å². The van der Waals surface area contributed by atoms with Gasteiger partial charge >= 0.3 is 0 Å². The Morgan fingerprint density at radius 3 is 3.00 bits per heavy atom. The summed E-state index contributed by atoms with van der Waals surface area (Å²) in [7, 11) is 0. The van der Waals surface area contributed by atoms with Crippen LogP contribution in [0.5, 0.6) is 0 Å². The van der Waals surface area contributed by atoms with Crippen LogP contribution in [-0.2, 0) is 9.59 Å². The number of benzene rings is 1. The zero-order chi connectivity index (χ0) is 12.7. The number of fused-ring (bicyclic) bond motifs is 1. The molecule has 2 amide bonds. The highest BCUT2D eigenvalue weighted by atomic mass is 19.1. The van der Waals surface area contributed by atoms with E-state index in [-0.39, 0.29) is 23.4 Å². The SMILES string of the molecule is O=C1CCC(c2noc3cccc(F)c23)C(=O)N1. The van der Waals surface area contributed by atoms with Crippen LogP contribution in [0.4, 0.5) is 4.39 Å². The summed E-state index contributed by atoms with van der Waals surface area (Å²) in [6.07, 6.45) is 0.542. The second-order valence-corrected chi connectivity index (χ2v) is 4.18. The molecular weight excluding hydrogens is 239 g/mol. The van der Waals surface area contributed by atoms with Gasteiger partial charge in [-0.05, 0) is 18.6 Å². The van der Waals surface area contributed by atoms with Crippen molar-refractivity contribution in [2.24, 2.45) is 0 Å². The Balaban J connectivity index is 2.09. The van der Waals surface area contributed by atoms with Crippen LogP contribution in [0.25, 0.3) is 11.0 Å². The van der Waals surface area contributed by atoms with Gasteiger partial charge in [0.1, 0.15) is 11.5 Å². The summed E-state index contributed by atoms with van der Waals surface area (Å²) in [4.78, 5) is 22.8. The molecular formula is C12H9FN2O3. The standard InChI is InChI=1S/C12H9FN2O3/c13-7-2-1-3-8-10(7)11(15-18-8)6-4-5-9(16)14-12(6)17/h1-3,6H,4-5H2,(H,14,16,17). The molecule has 0 bridgehead atoms. The van der Waals surface area contributed by atoms with E-state index in [2.05, 4.69) is 10.5 Å². The van der Waals surface area contributed by atoms with Crippen molar-refractivity contribution in [2.75, 3.05) is 0 Å². The first-order chi connectivity index (χ1) is 8.66. The van der Waals surface area contributed by atoms with Crippen LogP contribution in [0, 0.1) is 5.82 Å². The molecule has 2 heterocycles. The molecule has 3 rings (SSSR count). The minimum Gasteiger partial charge on any atom is -0.356 e. The number of carbonyl (C=O) groups excluding carboxylic acids is 2. The van der Waals surface area contributed by atoms with Gasteiger partial charge in [-0.15, -0.1) is 0 Å². The number of halogens is 1. The largest absolute Gasteiger partial charge is 0.356 e. The predicted octanol–water partition coefficient (Wildman–Crippen LogP) is 1.49. The monoisotopic (exact) mass is 248 g/mol. The van der Waals surface area contributed by atoms with Crippen molar-refractivity contribution in [1.82, 2.24) is 10.5 Å². The minimum absolute atomic E-state index is 0.215. The first-order valence-corrected chi connectivity index (χ1v) is 5.54. The third-order valence-corrected chi connectivity index (χ3v) is 3.04. The van der Waals surface area contributed by atoms with Gasteiger partial charge in [-0.3, -0.25) is 14.9 Å². The Hall–Kier alpha value is -2.24. The number of hydrogen-bond donors (Lipinski definition) is 1. The van der Waals surface area contributed by atoms with Crippen LogP contribution in [0.1, 0.15) is 24.5 Å². The fourth-order valence-corrected chi connectivity index (χ4v) is 2.17. The maximum absolute atomic E-state index is 13.7. The Labute approximate surface area is 101 Å². The van der Waals surface area contributed by atoms with Gasteiger partial charge in [0.2, 0.25) is 11.8 Å². The average molecular weight is 248 g/mol. The predicted molar refractivity (Wildman–Crippen MR) is 59.1 cm³/mol. The van der Waals surface area contributed by atoms with E-state index in [0.29, 0.717) is 12.0 Å². The van der Waals surface area contributed by atoms with Gasteiger partial charge in [0.15, 0.2) is 5.58 Å². The van der Waals surface area contributed by atoms with Crippen LogP contribution in [0.3, 0.4) is 0 Å². The van der Waals surface area contributed by atoms with Crippen LogP contribution in [-0.4, -0.2) is 17.0 Å². The fourth-order valence-electron chi connectivity index (χ4n) is 2.17. The van der Waals surface area contributed by atoms with Gasteiger partial charge in [0, 0.05) is 6.42 Å². The van der Waals surface area contributed by atoms with Gasteiger partial charge in [-0.25, -0.2) is 4.39 Å². The van der Waals surface area contributed by atoms with Crippen molar-refractivity contribution in [2.45, 2.75) is 18.8 Å². The lowest BCUT2D eigenvalue weighted by atomic mass is 9.93. The lowest BCUT2D eigenvalue weighted by Crippen LogP contribution is -2.39. The summed E-state index contributed by atoms with van der Waals surface area (Å²) in [5, 5.41) is 6.20. The highest BCUT2D eigenvalue weighted by molar-refractivity contribution is 6.02. The molecule has 0 aliphatic carbocycles. The molecule has 1 saturated heterocycles. The van der Waals surface area contributed by atoms with Crippen molar-refractivity contribution in [3.8, 4) is 0 Å². The summed E-state index contributed by atoms with van der Waals surface area (Å²) >= 11 is 0. The number of amides is 2. The lowest BCUT2D eigenvalue weighted by Gasteiger charge is -2.18. The molecule has 2 aromatic rings. The number of piperidine rings is 1. The Bertz CT molecular complexity index is 650. The maximum atomic E-state index is 13.7. The van der Waals surface area contributed by atoms with Gasteiger partial charge in [-0.2, -0.15) is 0 Å². The highest BCUT2D eigenvalue weighted by Crippen LogP contribution is 2.31. The van der Waals surface area contributed by atoms with E-state index in [1.165, 1.54) is 12.1 Å². The summed E-state index contributed by atoms with van der Waals surface area (Å²) in [6.45, 7) is 0. The lowest BCUT2D eigenvalue weighted by molar-refractivity contribution is -0.134. The quantitative estimate of drug-likeness (QED) is 0.776. The van der Waals surface area contributed by atoms with E-state index in [1.807, 2.05) is 0 Å². The third kappa shape index (κ3) is 1.57. The first-order valence-electron chi connectivity index (χ1n) is 5.54. The molecule has 1 aliphatic heterocycles. The molecule has 18 heavy (non-hydrogen) atoms. The summed E-state index contributed by atoms with van der Waals surface area (Å²) in [6, 6.07) is 4.38. The molecule has 0 spiro atoms. The van der Waals surface area contributed by atoms with Gasteiger partial charge in [-0.1, -0.05) is 11.2 Å². The molecule has 0 radical (unpaired) electrons. The number of imide groups is 1. The number of nitrogens with zero attached hydrogens (tertiary/aromatic N) is 1. The summed E-state index contributed by atoms with van der Waals surface area (Å²) in [5.41, 5.74) is 0.558. The molecule has 1 N–H and O–H groups in total. The molecule has 1 aromatic heterocycles. The van der Waals surface area contributed by atoms with Crippen molar-refractivity contribution < 1.29 is 18.5 Å². The van der Waals surface area contributed by atoms with Crippen LogP contribution in [0.2, 0.25) is 0 Å². The molecule has 1 aliphatic rings. The smallest absolute Gasteiger partial charge is 0.235 e. The van der Waals surface area contributed by atoms with Gasteiger partial charge in [0.25, 0.3) is 0 Å². The van der Waals surface area contributed by atoms with Crippen molar-refractivity contribution in [3.05, 3.63) is 29.7 Å². The van der Waals surface area contributed by atoms with Crippen molar-refractivity contribution in [3.63, 3.8) is 0 Å². The van der Waals surface area contributed by atoms with Crippen LogP contribution < -0.4 is 5.32 Å². The highest BCUT2D eigenvalue weighted by Gasteiger charge is 2.32. The van der Waals surface area contributed by atoms with Gasteiger partial charge in [0.05, 0.1) is 11.3 Å². The number of hydrogen-bond acceptors (Lipinski definition) is 4. The Morgan fingerprint density at radius 1 is 1.39 bits per heavy atom. The number of nitrogens with one attached hydrogen (secondary N) is 1. The molecule has 1 fully saturated rings. The molecule has 6 heteroatoms. The van der Waals surface area contributed by atoms with Crippen LogP contribution >= 0.6 is 0 Å². The molecule has 5 nitrogen and oxygen atoms in total. The van der Waals surface area contributed by atoms with Crippen molar-refractivity contribution >= 4 is 22.8 Å². The second kappa shape index (κ2) is 3.90. The number of aromatic nitrogens is 1. The molecule has 92 valence electrons. The Kier molecular flexibility index (Phi) is 2.36. The average Bonchev–Trinajstić information content (AvgIpc) is 2.74. The topological polar surface area (TPSA) is 72.2 Å². The van der Waals surface area contributed by atoms with E-state index in [9.17, 15) is 14.0 Å². The fraction of sp³-hybridized carbons (Fsp3) is 0.250. The zero-order valence-corrected chi connectivity index (χ0v) is 9.27. The Morgan fingerprint density at radius 2 is 2.22 bits per heavy atom. The van der Waals surface area contributed by atoms with E-state index in [0.717, 1.165) is 0 Å². The van der Waals surface area contributed by atoms with Crippen molar-refractivity contribution in [1.29, 1.82) is 0 Å².